The van der Waals surface area contributed by atoms with Crippen LogP contribution in [-0.2, 0) is 22.3 Å². The molecular weight excluding hydrogens is 560 g/mol. The molecule has 1 aliphatic heterocycles. The van der Waals surface area contributed by atoms with Crippen LogP contribution in [0.3, 0.4) is 0 Å². The van der Waals surface area contributed by atoms with Crippen LogP contribution in [0.15, 0.2) is 60.8 Å². The van der Waals surface area contributed by atoms with Crippen LogP contribution in [-0.4, -0.2) is 34.8 Å². The van der Waals surface area contributed by atoms with Gasteiger partial charge < -0.3 is 14.4 Å². The Kier molecular flexibility index (Phi) is 7.93. The number of rotatable bonds is 9. The molecule has 7 nitrogen and oxygen atoms in total. The van der Waals surface area contributed by atoms with E-state index in [-0.39, 0.29) is 28.8 Å². The summed E-state index contributed by atoms with van der Waals surface area (Å²) < 4.78 is 67.0. The first-order valence-corrected chi connectivity index (χ1v) is 13.3. The lowest BCUT2D eigenvalue weighted by atomic mass is 9.75. The molecule has 0 atom stereocenters. The number of thiocarbonyl (C=S) groups is 1. The van der Waals surface area contributed by atoms with Crippen molar-refractivity contribution in [2.24, 2.45) is 0 Å². The number of carbonyl (C=O) groups excluding carboxylic acids is 1. The molecule has 1 saturated heterocycles. The van der Waals surface area contributed by atoms with Crippen LogP contribution < -0.4 is 14.5 Å². The number of aromatic nitrogens is 1. The molecule has 2 heterocycles. The zero-order valence-corrected chi connectivity index (χ0v) is 22.5. The number of pyridine rings is 1. The van der Waals surface area contributed by atoms with Crippen molar-refractivity contribution in [1.29, 1.82) is 5.26 Å². The number of amides is 1. The minimum absolute atomic E-state index is 0.0129. The Bertz CT molecular complexity index is 1510. The van der Waals surface area contributed by atoms with Gasteiger partial charge in [0.1, 0.15) is 11.6 Å². The van der Waals surface area contributed by atoms with E-state index in [1.807, 2.05) is 30.3 Å². The fraction of sp³-hybridized carbons (Fsp3) is 0.310. The molecule has 0 bridgehead atoms. The maximum Gasteiger partial charge on any atom is 0.419 e. The van der Waals surface area contributed by atoms with E-state index >= 15 is 4.39 Å². The van der Waals surface area contributed by atoms with E-state index in [2.05, 4.69) is 4.98 Å². The van der Waals surface area contributed by atoms with E-state index in [1.54, 1.807) is 6.07 Å². The predicted octanol–water partition coefficient (Wildman–Crippen LogP) is 6.16. The maximum absolute atomic E-state index is 15.1. The van der Waals surface area contributed by atoms with E-state index in [4.69, 9.17) is 27.0 Å². The van der Waals surface area contributed by atoms with Crippen molar-refractivity contribution in [1.82, 2.24) is 4.98 Å². The number of benzene rings is 2. The number of nitriles is 1. The molecule has 1 aromatic heterocycles. The van der Waals surface area contributed by atoms with Crippen molar-refractivity contribution in [3.05, 3.63) is 83.4 Å². The zero-order chi connectivity index (χ0) is 29.2. The number of hydrogen-bond donors (Lipinski definition) is 0. The van der Waals surface area contributed by atoms with Gasteiger partial charge in [0.05, 0.1) is 37.3 Å². The number of ether oxygens (including phenoxy) is 2. The molecule has 5 rings (SSSR count). The summed E-state index contributed by atoms with van der Waals surface area (Å²) in [7, 11) is 0. The summed E-state index contributed by atoms with van der Waals surface area (Å²) in [4.78, 5) is 19.7. The van der Waals surface area contributed by atoms with Gasteiger partial charge in [-0.1, -0.05) is 30.3 Å². The summed E-state index contributed by atoms with van der Waals surface area (Å²) >= 11 is 5.56. The monoisotopic (exact) mass is 584 g/mol. The molecule has 1 saturated carbocycles. The number of halogens is 4. The first kappa shape index (κ1) is 28.4. The Balaban J connectivity index is 1.30. The van der Waals surface area contributed by atoms with Gasteiger partial charge in [-0.3, -0.25) is 9.69 Å². The third kappa shape index (κ3) is 5.47. The third-order valence-corrected chi connectivity index (χ3v) is 7.48. The predicted molar refractivity (Wildman–Crippen MR) is 146 cm³/mol. The Labute approximate surface area is 238 Å². The highest BCUT2D eigenvalue weighted by Gasteiger charge is 2.59. The molecule has 1 aliphatic carbocycles. The Morgan fingerprint density at radius 1 is 1.07 bits per heavy atom. The first-order chi connectivity index (χ1) is 19.7. The van der Waals surface area contributed by atoms with Crippen molar-refractivity contribution in [3.8, 4) is 11.8 Å². The third-order valence-electron chi connectivity index (χ3n) is 7.11. The van der Waals surface area contributed by atoms with Gasteiger partial charge in [0.25, 0.3) is 5.91 Å². The molecule has 12 heteroatoms. The van der Waals surface area contributed by atoms with Gasteiger partial charge in [-0.25, -0.2) is 9.37 Å². The molecule has 0 N–H and O–H groups in total. The molecule has 2 aromatic carbocycles. The molecule has 1 spiro atoms. The Morgan fingerprint density at radius 3 is 2.46 bits per heavy atom. The lowest BCUT2D eigenvalue weighted by molar-refractivity contribution is -0.138. The number of anilines is 2. The molecule has 2 aliphatic rings. The van der Waals surface area contributed by atoms with Gasteiger partial charge in [-0.05, 0) is 55.2 Å². The van der Waals surface area contributed by atoms with Crippen molar-refractivity contribution < 1.29 is 31.8 Å². The van der Waals surface area contributed by atoms with Crippen LogP contribution >= 0.6 is 12.2 Å². The van der Waals surface area contributed by atoms with Crippen molar-refractivity contribution in [3.63, 3.8) is 0 Å². The Morgan fingerprint density at radius 2 is 1.83 bits per heavy atom. The second-order valence-electron chi connectivity index (χ2n) is 9.70. The van der Waals surface area contributed by atoms with E-state index < -0.39 is 34.7 Å². The van der Waals surface area contributed by atoms with Gasteiger partial charge in [0.2, 0.25) is 0 Å². The topological polar surface area (TPSA) is 78.7 Å². The molecule has 212 valence electrons. The largest absolute Gasteiger partial charge is 0.490 e. The van der Waals surface area contributed by atoms with Crippen molar-refractivity contribution in [2.45, 2.75) is 44.0 Å². The molecule has 1 amide bonds. The molecule has 41 heavy (non-hydrogen) atoms. The summed E-state index contributed by atoms with van der Waals surface area (Å²) in [5.74, 6) is -1.18. The summed E-state index contributed by atoms with van der Waals surface area (Å²) in [6, 6.07) is 16.0. The number of carbonyl (C=O) groups is 1. The van der Waals surface area contributed by atoms with Crippen molar-refractivity contribution >= 4 is 34.6 Å². The number of nitrogens with zero attached hydrogens (tertiary/aromatic N) is 4. The van der Waals surface area contributed by atoms with Crippen LogP contribution in [0.2, 0.25) is 0 Å². The highest BCUT2D eigenvalue weighted by atomic mass is 32.1. The lowest BCUT2D eigenvalue weighted by Gasteiger charge is -2.43. The average Bonchev–Trinajstić information content (AvgIpc) is 3.17. The molecule has 3 aromatic rings. The van der Waals surface area contributed by atoms with Gasteiger partial charge in [0, 0.05) is 18.2 Å². The average molecular weight is 585 g/mol. The first-order valence-electron chi connectivity index (χ1n) is 12.9. The normalized spacial score (nSPS) is 16.2. The van der Waals surface area contributed by atoms with Crippen LogP contribution in [0.5, 0.6) is 5.75 Å². The van der Waals surface area contributed by atoms with E-state index in [0.717, 1.165) is 16.7 Å². The Hall–Kier alpha value is -4.08. The van der Waals surface area contributed by atoms with E-state index in [0.29, 0.717) is 45.0 Å². The second kappa shape index (κ2) is 11.4. The summed E-state index contributed by atoms with van der Waals surface area (Å²) in [5.41, 5.74) is -2.11. The fourth-order valence-electron chi connectivity index (χ4n) is 4.94. The highest BCUT2D eigenvalue weighted by Crippen LogP contribution is 2.48. The smallest absolute Gasteiger partial charge is 0.419 e. The van der Waals surface area contributed by atoms with E-state index in [9.17, 15) is 18.0 Å². The quantitative estimate of drug-likeness (QED) is 0.169. The van der Waals surface area contributed by atoms with Crippen molar-refractivity contribution in [2.75, 3.05) is 23.0 Å². The zero-order valence-electron chi connectivity index (χ0n) is 21.7. The van der Waals surface area contributed by atoms with Crippen LogP contribution in [0.4, 0.5) is 28.9 Å². The maximum atomic E-state index is 15.1. The van der Waals surface area contributed by atoms with E-state index in [1.165, 1.54) is 23.1 Å². The van der Waals surface area contributed by atoms with Gasteiger partial charge in [-0.2, -0.15) is 18.4 Å². The lowest BCUT2D eigenvalue weighted by Crippen LogP contribution is -2.55. The van der Waals surface area contributed by atoms with Gasteiger partial charge >= 0.3 is 6.18 Å². The minimum Gasteiger partial charge on any atom is -0.490 e. The molecule has 0 unspecified atom stereocenters. The summed E-state index contributed by atoms with van der Waals surface area (Å²) in [6.45, 7) is 1.11. The minimum atomic E-state index is -4.86. The van der Waals surface area contributed by atoms with Crippen LogP contribution in [0.1, 0.15) is 42.5 Å². The molecule has 2 fully saturated rings. The summed E-state index contributed by atoms with van der Waals surface area (Å²) in [5, 5.41) is 8.97. The van der Waals surface area contributed by atoms with Gasteiger partial charge in [-0.15, -0.1) is 0 Å². The second-order valence-corrected chi connectivity index (χ2v) is 10.1. The number of hydrogen-bond acceptors (Lipinski definition) is 6. The molecular formula is C29H24F4N4O3S. The summed E-state index contributed by atoms with van der Waals surface area (Å²) in [6.07, 6.45) is -1.85. The highest BCUT2D eigenvalue weighted by molar-refractivity contribution is 7.81. The SMILES string of the molecule is N#Cc1ncc(N2C(=O)C3(CCC3)N(c3ccc(OCCCOCc4ccccc4)c(F)c3)C2=S)cc1C(F)(F)F. The van der Waals surface area contributed by atoms with Gasteiger partial charge in [0.15, 0.2) is 22.4 Å². The number of alkyl halides is 3. The van der Waals surface area contributed by atoms with Crippen LogP contribution in [0, 0.1) is 17.1 Å². The van der Waals surface area contributed by atoms with Crippen LogP contribution in [0.25, 0.3) is 0 Å². The fourth-order valence-corrected chi connectivity index (χ4v) is 5.41. The standard InChI is InChI=1S/C29H24F4N4O3S/c30-23-15-20(8-9-25(23)40-13-5-12-39-18-19-6-2-1-3-7-19)37-27(41)36(26(38)28(37)10-4-11-28)21-14-22(29(31,32)33)24(16-34)35-17-21/h1-3,6-9,14-15,17H,4-5,10-13,18H2. The molecule has 0 radical (unpaired) electrons.